The van der Waals surface area contributed by atoms with Crippen LogP contribution in [0.1, 0.15) is 16.0 Å². The third kappa shape index (κ3) is 3.49. The Labute approximate surface area is 148 Å². The maximum atomic E-state index is 8.96. The van der Waals surface area contributed by atoms with Crippen LogP contribution < -0.4 is 4.78 Å². The van der Waals surface area contributed by atoms with Gasteiger partial charge in [0.1, 0.15) is 0 Å². The molecule has 4 aromatic rings. The summed E-state index contributed by atoms with van der Waals surface area (Å²) in [6.07, 6.45) is 7.34. The van der Waals surface area contributed by atoms with Crippen molar-refractivity contribution in [2.45, 2.75) is 20.8 Å². The molecule has 0 atom stereocenters. The van der Waals surface area contributed by atoms with E-state index in [-0.39, 0.29) is 0 Å². The molecule has 0 saturated carbocycles. The van der Waals surface area contributed by atoms with Gasteiger partial charge in [-0.25, -0.2) is 0 Å². The molecular weight excluding hydrogens is 339 g/mol. The number of fused-ring (bicyclic) bond motifs is 2. The lowest BCUT2D eigenvalue weighted by atomic mass is 9.89. The molecule has 0 aliphatic rings. The molecule has 0 aromatic carbocycles. The summed E-state index contributed by atoms with van der Waals surface area (Å²) < 4.78 is 2.84. The fourth-order valence-corrected chi connectivity index (χ4v) is 4.41. The van der Waals surface area contributed by atoms with Crippen molar-refractivity contribution < 1.29 is 10.0 Å². The molecule has 0 amide bonds. The third-order valence-corrected chi connectivity index (χ3v) is 5.78. The molecule has 0 aliphatic heterocycles. The molecule has 4 aromatic heterocycles. The van der Waals surface area contributed by atoms with Crippen LogP contribution in [-0.4, -0.2) is 27.1 Å². The lowest BCUT2D eigenvalue weighted by molar-refractivity contribution is 0.427. The molecule has 0 spiro atoms. The van der Waals surface area contributed by atoms with Crippen LogP contribution in [0.15, 0.2) is 36.9 Å². The van der Waals surface area contributed by atoms with Gasteiger partial charge >= 0.3 is 7.12 Å². The second-order valence-electron chi connectivity index (χ2n) is 5.62. The van der Waals surface area contributed by atoms with E-state index in [0.717, 1.165) is 15.6 Å². The van der Waals surface area contributed by atoms with E-state index in [9.17, 15) is 0 Å². The van der Waals surface area contributed by atoms with Gasteiger partial charge in [-0.05, 0) is 54.8 Å². The van der Waals surface area contributed by atoms with E-state index in [1.165, 1.54) is 31.9 Å². The summed E-state index contributed by atoms with van der Waals surface area (Å²) in [5, 5.41) is 20.3. The molecule has 4 rings (SSSR count). The standard InChI is InChI=1S/C9H9NS.C8H8BNO2S/c1-6-4-10-5-9-8(6)3-7(2)11-9;1-5-3-10-4-7-6(5)2-8(13-7)9(11)12/h3-5H,1-2H3;2-4,11-12H,1H3. The largest absolute Gasteiger partial charge is 0.499 e. The topological polar surface area (TPSA) is 66.2 Å². The van der Waals surface area contributed by atoms with E-state index in [4.69, 9.17) is 10.0 Å². The molecule has 0 unspecified atom stereocenters. The molecule has 4 heterocycles. The normalized spacial score (nSPS) is 10.7. The summed E-state index contributed by atoms with van der Waals surface area (Å²) in [6, 6.07) is 4.01. The molecule has 0 saturated heterocycles. The Morgan fingerprint density at radius 3 is 1.83 bits per heavy atom. The molecule has 4 nitrogen and oxygen atoms in total. The molecule has 7 heteroatoms. The van der Waals surface area contributed by atoms with Crippen LogP contribution in [0, 0.1) is 20.8 Å². The second-order valence-corrected chi connectivity index (χ2v) is 8.02. The summed E-state index contributed by atoms with van der Waals surface area (Å²) in [4.78, 5) is 9.53. The van der Waals surface area contributed by atoms with E-state index in [1.54, 1.807) is 29.8 Å². The first-order valence-corrected chi connectivity index (χ1v) is 9.10. The van der Waals surface area contributed by atoms with Crippen molar-refractivity contribution in [2.75, 3.05) is 0 Å². The second kappa shape index (κ2) is 6.98. The van der Waals surface area contributed by atoms with Gasteiger partial charge in [-0.15, -0.1) is 22.7 Å². The highest BCUT2D eigenvalue weighted by molar-refractivity contribution is 7.27. The Morgan fingerprint density at radius 2 is 1.33 bits per heavy atom. The quantitative estimate of drug-likeness (QED) is 0.514. The number of hydrogen-bond donors (Lipinski definition) is 2. The van der Waals surface area contributed by atoms with Gasteiger partial charge in [0.25, 0.3) is 0 Å². The number of aryl methyl sites for hydroxylation is 3. The molecule has 0 radical (unpaired) electrons. The van der Waals surface area contributed by atoms with Crippen LogP contribution in [0.2, 0.25) is 0 Å². The van der Waals surface area contributed by atoms with Crippen molar-refractivity contribution in [3.63, 3.8) is 0 Å². The maximum absolute atomic E-state index is 8.96. The van der Waals surface area contributed by atoms with E-state index >= 15 is 0 Å². The molecule has 0 aliphatic carbocycles. The molecule has 0 bridgehead atoms. The van der Waals surface area contributed by atoms with Gasteiger partial charge in [0.05, 0.1) is 9.40 Å². The van der Waals surface area contributed by atoms with Crippen molar-refractivity contribution in [1.82, 2.24) is 9.97 Å². The van der Waals surface area contributed by atoms with Gasteiger partial charge in [-0.2, -0.15) is 0 Å². The average Bonchev–Trinajstić information content (AvgIpc) is 3.12. The summed E-state index contributed by atoms with van der Waals surface area (Å²) in [6.45, 7) is 6.18. The smallest absolute Gasteiger partial charge is 0.423 e. The number of hydrogen-bond acceptors (Lipinski definition) is 6. The van der Waals surface area contributed by atoms with Crippen LogP contribution in [0.3, 0.4) is 0 Å². The Morgan fingerprint density at radius 1 is 0.792 bits per heavy atom. The lowest BCUT2D eigenvalue weighted by Crippen LogP contribution is -2.26. The van der Waals surface area contributed by atoms with Crippen molar-refractivity contribution in [3.8, 4) is 0 Å². The van der Waals surface area contributed by atoms with Crippen LogP contribution >= 0.6 is 22.7 Å². The number of thiophene rings is 2. The van der Waals surface area contributed by atoms with Crippen LogP contribution in [0.5, 0.6) is 0 Å². The SMILES string of the molecule is Cc1cc2c(C)cncc2s1.Cc1cncc2sc(B(O)O)cc12. The van der Waals surface area contributed by atoms with Crippen molar-refractivity contribution >= 4 is 54.7 Å². The Kier molecular flexibility index (Phi) is 4.96. The lowest BCUT2D eigenvalue weighted by Gasteiger charge is -1.91. The minimum atomic E-state index is -1.38. The minimum absolute atomic E-state index is 0.561. The Hall–Kier alpha value is -1.80. The monoisotopic (exact) mass is 356 g/mol. The van der Waals surface area contributed by atoms with E-state index < -0.39 is 7.12 Å². The fourth-order valence-electron chi connectivity index (χ4n) is 2.47. The van der Waals surface area contributed by atoms with Crippen molar-refractivity contribution in [1.29, 1.82) is 0 Å². The number of rotatable bonds is 1. The van der Waals surface area contributed by atoms with Crippen LogP contribution in [0.4, 0.5) is 0 Å². The maximum Gasteiger partial charge on any atom is 0.499 e. The number of pyridine rings is 2. The zero-order valence-electron chi connectivity index (χ0n) is 13.6. The third-order valence-electron chi connectivity index (χ3n) is 3.69. The fraction of sp³-hybridized carbons (Fsp3) is 0.176. The number of aromatic nitrogens is 2. The summed E-state index contributed by atoms with van der Waals surface area (Å²) in [5.74, 6) is 0. The molecular formula is C17H17BN2O2S2. The highest BCUT2D eigenvalue weighted by Gasteiger charge is 2.15. The van der Waals surface area contributed by atoms with Gasteiger partial charge in [-0.1, -0.05) is 0 Å². The number of nitrogens with zero attached hydrogens (tertiary/aromatic N) is 2. The van der Waals surface area contributed by atoms with Gasteiger partial charge in [0.15, 0.2) is 0 Å². The molecule has 2 N–H and O–H groups in total. The van der Waals surface area contributed by atoms with E-state index in [2.05, 4.69) is 29.9 Å². The zero-order valence-corrected chi connectivity index (χ0v) is 15.3. The molecule has 122 valence electrons. The Balaban J connectivity index is 0.000000143. The van der Waals surface area contributed by atoms with Gasteiger partial charge in [0.2, 0.25) is 0 Å². The highest BCUT2D eigenvalue weighted by atomic mass is 32.1. The molecule has 0 fully saturated rings. The Bertz CT molecular complexity index is 995. The van der Waals surface area contributed by atoms with Gasteiger partial charge in [0, 0.05) is 34.4 Å². The van der Waals surface area contributed by atoms with Gasteiger partial charge in [-0.3, -0.25) is 9.97 Å². The first kappa shape index (κ1) is 17.0. The summed E-state index contributed by atoms with van der Waals surface area (Å²) in [5.41, 5.74) is 2.33. The predicted octanol–water partition coefficient (Wildman–Crippen LogP) is 3.20. The average molecular weight is 356 g/mol. The minimum Gasteiger partial charge on any atom is -0.423 e. The van der Waals surface area contributed by atoms with Gasteiger partial charge < -0.3 is 10.0 Å². The van der Waals surface area contributed by atoms with Crippen LogP contribution in [-0.2, 0) is 0 Å². The van der Waals surface area contributed by atoms with Crippen molar-refractivity contribution in [3.05, 3.63) is 52.9 Å². The van der Waals surface area contributed by atoms with E-state index in [1.807, 2.05) is 19.3 Å². The van der Waals surface area contributed by atoms with Crippen LogP contribution in [0.25, 0.3) is 20.2 Å². The zero-order chi connectivity index (χ0) is 17.3. The summed E-state index contributed by atoms with van der Waals surface area (Å²) in [7, 11) is -1.38. The summed E-state index contributed by atoms with van der Waals surface area (Å²) >= 11 is 3.16. The highest BCUT2D eigenvalue weighted by Crippen LogP contribution is 2.26. The first-order chi connectivity index (χ1) is 11.5. The first-order valence-electron chi connectivity index (χ1n) is 7.46. The molecule has 24 heavy (non-hydrogen) atoms. The predicted molar refractivity (Wildman–Crippen MR) is 103 cm³/mol. The van der Waals surface area contributed by atoms with Crippen molar-refractivity contribution in [2.24, 2.45) is 0 Å². The van der Waals surface area contributed by atoms with E-state index in [0.29, 0.717) is 4.78 Å².